The van der Waals surface area contributed by atoms with Crippen LogP contribution < -0.4 is 25.9 Å². The van der Waals surface area contributed by atoms with Gasteiger partial charge in [-0.25, -0.2) is 10.2 Å². The molecule has 2 rings (SSSR count). The van der Waals surface area contributed by atoms with Gasteiger partial charge in [0.05, 0.1) is 19.4 Å². The standard InChI is InChI=1S/C23H28N4O6/c1-3-31-20-13-17(10-11-19(20)33-15-21(24)28)14-25-27-22(29)18(26-23(30)32-4-2)12-16-8-6-5-7-9-16/h5-11,13-14,18H,3-4,12,15H2,1-2H3,(H2,24,28)(H,26,30)(H,27,29)/b25-14-/t18-/m0/s1. The van der Waals surface area contributed by atoms with E-state index >= 15 is 0 Å². The highest BCUT2D eigenvalue weighted by molar-refractivity contribution is 5.88. The minimum absolute atomic E-state index is 0.185. The van der Waals surface area contributed by atoms with Crippen LogP contribution in [0.25, 0.3) is 0 Å². The molecular weight excluding hydrogens is 428 g/mol. The molecule has 2 aromatic rings. The molecule has 0 spiro atoms. The van der Waals surface area contributed by atoms with E-state index in [2.05, 4.69) is 15.8 Å². The van der Waals surface area contributed by atoms with E-state index in [4.69, 9.17) is 19.9 Å². The first kappa shape index (κ1) is 25.2. The molecule has 0 aliphatic rings. The molecule has 10 heteroatoms. The summed E-state index contributed by atoms with van der Waals surface area (Å²) in [5, 5.41) is 6.53. The van der Waals surface area contributed by atoms with Crippen molar-refractivity contribution in [2.24, 2.45) is 10.8 Å². The van der Waals surface area contributed by atoms with Crippen LogP contribution >= 0.6 is 0 Å². The zero-order valence-electron chi connectivity index (χ0n) is 18.6. The average molecular weight is 456 g/mol. The smallest absolute Gasteiger partial charge is 0.407 e. The molecule has 3 amide bonds. The highest BCUT2D eigenvalue weighted by Gasteiger charge is 2.21. The second kappa shape index (κ2) is 13.4. The molecule has 0 aliphatic heterocycles. The molecule has 0 heterocycles. The Bertz CT molecular complexity index is 965. The maximum Gasteiger partial charge on any atom is 0.407 e. The van der Waals surface area contributed by atoms with Gasteiger partial charge in [0.1, 0.15) is 6.04 Å². The van der Waals surface area contributed by atoms with Crippen molar-refractivity contribution in [3.63, 3.8) is 0 Å². The van der Waals surface area contributed by atoms with E-state index in [1.165, 1.54) is 6.21 Å². The van der Waals surface area contributed by atoms with E-state index in [0.29, 0.717) is 23.7 Å². The van der Waals surface area contributed by atoms with E-state index in [1.54, 1.807) is 25.1 Å². The topological polar surface area (TPSA) is 141 Å². The number of carbonyl (C=O) groups excluding carboxylic acids is 3. The number of primary amides is 1. The first-order valence-electron chi connectivity index (χ1n) is 10.4. The molecule has 0 saturated heterocycles. The van der Waals surface area contributed by atoms with Gasteiger partial charge in [0.15, 0.2) is 18.1 Å². The monoisotopic (exact) mass is 456 g/mol. The van der Waals surface area contributed by atoms with Gasteiger partial charge in [0.25, 0.3) is 11.8 Å². The Kier molecular flexibility index (Phi) is 10.2. The number of amides is 3. The van der Waals surface area contributed by atoms with Crippen molar-refractivity contribution in [1.82, 2.24) is 10.7 Å². The maximum absolute atomic E-state index is 12.7. The fraction of sp³-hybridized carbons (Fsp3) is 0.304. The lowest BCUT2D eigenvalue weighted by atomic mass is 10.1. The number of hydrazone groups is 1. The molecular formula is C23H28N4O6. The molecule has 10 nitrogen and oxygen atoms in total. The molecule has 0 saturated carbocycles. The highest BCUT2D eigenvalue weighted by Crippen LogP contribution is 2.28. The first-order chi connectivity index (χ1) is 15.9. The molecule has 33 heavy (non-hydrogen) atoms. The zero-order chi connectivity index (χ0) is 24.1. The number of alkyl carbamates (subject to hydrolysis) is 1. The third kappa shape index (κ3) is 8.90. The predicted molar refractivity (Wildman–Crippen MR) is 122 cm³/mol. The molecule has 4 N–H and O–H groups in total. The summed E-state index contributed by atoms with van der Waals surface area (Å²) in [7, 11) is 0. The van der Waals surface area contributed by atoms with Crippen molar-refractivity contribution in [3.05, 3.63) is 59.7 Å². The van der Waals surface area contributed by atoms with Crippen LogP contribution in [0.2, 0.25) is 0 Å². The summed E-state index contributed by atoms with van der Waals surface area (Å²) >= 11 is 0. The number of carbonyl (C=O) groups is 3. The molecule has 0 unspecified atom stereocenters. The van der Waals surface area contributed by atoms with E-state index in [1.807, 2.05) is 37.3 Å². The normalized spacial score (nSPS) is 11.5. The fourth-order valence-electron chi connectivity index (χ4n) is 2.76. The second-order valence-electron chi connectivity index (χ2n) is 6.74. The molecule has 0 fully saturated rings. The Hall–Kier alpha value is -4.08. The molecule has 2 aromatic carbocycles. The summed E-state index contributed by atoms with van der Waals surface area (Å²) in [5.41, 5.74) is 9.02. The third-order valence-corrected chi connectivity index (χ3v) is 4.19. The van der Waals surface area contributed by atoms with E-state index in [0.717, 1.165) is 5.56 Å². The molecule has 0 bridgehead atoms. The Balaban J connectivity index is 2.07. The van der Waals surface area contributed by atoms with Gasteiger partial charge in [-0.2, -0.15) is 5.10 Å². The average Bonchev–Trinajstić information content (AvgIpc) is 2.79. The van der Waals surface area contributed by atoms with Gasteiger partial charge in [0, 0.05) is 6.42 Å². The molecule has 176 valence electrons. The lowest BCUT2D eigenvalue weighted by Gasteiger charge is -2.17. The van der Waals surface area contributed by atoms with Crippen molar-refractivity contribution < 1.29 is 28.6 Å². The van der Waals surface area contributed by atoms with Crippen LogP contribution in [0, 0.1) is 0 Å². The van der Waals surface area contributed by atoms with Gasteiger partial charge >= 0.3 is 6.09 Å². The molecule has 0 radical (unpaired) electrons. The lowest BCUT2D eigenvalue weighted by Crippen LogP contribution is -2.47. The van der Waals surface area contributed by atoms with Gasteiger partial charge in [-0.05, 0) is 43.2 Å². The minimum Gasteiger partial charge on any atom is -0.490 e. The molecule has 0 aliphatic carbocycles. The zero-order valence-corrected chi connectivity index (χ0v) is 18.6. The van der Waals surface area contributed by atoms with Crippen LogP contribution in [0.3, 0.4) is 0 Å². The summed E-state index contributed by atoms with van der Waals surface area (Å²) in [4.78, 5) is 35.5. The highest BCUT2D eigenvalue weighted by atomic mass is 16.5. The van der Waals surface area contributed by atoms with Gasteiger partial charge in [-0.15, -0.1) is 0 Å². The second-order valence-corrected chi connectivity index (χ2v) is 6.74. The number of nitrogens with one attached hydrogen (secondary N) is 2. The van der Waals surface area contributed by atoms with Crippen LogP contribution in [0.1, 0.15) is 25.0 Å². The Morgan fingerprint density at radius 3 is 2.45 bits per heavy atom. The van der Waals surface area contributed by atoms with E-state index < -0.39 is 23.9 Å². The summed E-state index contributed by atoms with van der Waals surface area (Å²) in [5.74, 6) is -0.347. The summed E-state index contributed by atoms with van der Waals surface area (Å²) in [6.45, 7) is 3.77. The van der Waals surface area contributed by atoms with Crippen LogP contribution in [0.15, 0.2) is 53.6 Å². The number of ether oxygens (including phenoxy) is 3. The number of benzene rings is 2. The van der Waals surface area contributed by atoms with Crippen molar-refractivity contribution in [2.45, 2.75) is 26.3 Å². The molecule has 0 aromatic heterocycles. The van der Waals surface area contributed by atoms with Crippen molar-refractivity contribution in [2.75, 3.05) is 19.8 Å². The predicted octanol–water partition coefficient (Wildman–Crippen LogP) is 1.76. The fourth-order valence-corrected chi connectivity index (χ4v) is 2.76. The number of nitrogens with two attached hydrogens (primary N) is 1. The Morgan fingerprint density at radius 2 is 1.79 bits per heavy atom. The van der Waals surface area contributed by atoms with E-state index in [9.17, 15) is 14.4 Å². The number of hydrogen-bond acceptors (Lipinski definition) is 7. The number of rotatable bonds is 12. The van der Waals surface area contributed by atoms with Crippen LogP contribution in [0.5, 0.6) is 11.5 Å². The van der Waals surface area contributed by atoms with Crippen molar-refractivity contribution >= 4 is 24.1 Å². The van der Waals surface area contributed by atoms with Crippen LogP contribution in [0.4, 0.5) is 4.79 Å². The maximum atomic E-state index is 12.7. The Labute approximate surface area is 192 Å². The van der Waals surface area contributed by atoms with Crippen molar-refractivity contribution in [1.29, 1.82) is 0 Å². The third-order valence-electron chi connectivity index (χ3n) is 4.19. The Morgan fingerprint density at radius 1 is 1.03 bits per heavy atom. The summed E-state index contributed by atoms with van der Waals surface area (Å²) < 4.78 is 15.7. The number of hydrogen-bond donors (Lipinski definition) is 3. The minimum atomic E-state index is -0.882. The van der Waals surface area contributed by atoms with Gasteiger partial charge in [-0.1, -0.05) is 30.3 Å². The van der Waals surface area contributed by atoms with Crippen molar-refractivity contribution in [3.8, 4) is 11.5 Å². The van der Waals surface area contributed by atoms with Gasteiger partial charge in [-0.3, -0.25) is 9.59 Å². The number of nitrogens with zero attached hydrogens (tertiary/aromatic N) is 1. The van der Waals surface area contributed by atoms with Gasteiger partial charge in [0.2, 0.25) is 0 Å². The van der Waals surface area contributed by atoms with Crippen LogP contribution in [-0.2, 0) is 20.7 Å². The SMILES string of the molecule is CCOC(=O)N[C@@H](Cc1ccccc1)C(=O)N/N=C\c1ccc(OCC(N)=O)c(OCC)c1. The van der Waals surface area contributed by atoms with Crippen LogP contribution in [-0.4, -0.2) is 50.0 Å². The molecule has 1 atom stereocenters. The van der Waals surface area contributed by atoms with Gasteiger partial charge < -0.3 is 25.3 Å². The first-order valence-corrected chi connectivity index (χ1v) is 10.4. The quantitative estimate of drug-likeness (QED) is 0.328. The summed E-state index contributed by atoms with van der Waals surface area (Å²) in [6, 6.07) is 13.3. The largest absolute Gasteiger partial charge is 0.490 e. The lowest BCUT2D eigenvalue weighted by molar-refractivity contribution is -0.123. The van der Waals surface area contributed by atoms with E-state index in [-0.39, 0.29) is 19.6 Å². The summed E-state index contributed by atoms with van der Waals surface area (Å²) in [6.07, 6.45) is 0.995.